The molecule has 4 rings (SSSR count). The first-order valence-electron chi connectivity index (χ1n) is 10.5. The fourth-order valence-corrected chi connectivity index (χ4v) is 4.49. The molecule has 1 aromatic heterocycles. The Bertz CT molecular complexity index is 1100. The number of benzene rings is 2. The zero-order valence-corrected chi connectivity index (χ0v) is 18.6. The Morgan fingerprint density at radius 1 is 0.906 bits per heavy atom. The van der Waals surface area contributed by atoms with Crippen molar-refractivity contribution in [2.24, 2.45) is 0 Å². The molecule has 9 heteroatoms. The highest BCUT2D eigenvalue weighted by Gasteiger charge is 2.25. The molecule has 0 unspecified atom stereocenters. The Labute approximate surface area is 190 Å². The molecule has 1 fully saturated rings. The smallest absolute Gasteiger partial charge is 0.233 e. The summed E-state index contributed by atoms with van der Waals surface area (Å²) in [5.74, 6) is 0.279. The SMILES string of the molecule is CCC(=O)N1CCN(C(=O)CSc2nnc(-c3ccccc3F)n2-c2ccccc2)CC1. The van der Waals surface area contributed by atoms with Crippen LogP contribution in [0.4, 0.5) is 4.39 Å². The minimum atomic E-state index is -0.385. The number of hydrogen-bond acceptors (Lipinski definition) is 5. The predicted octanol–water partition coefficient (Wildman–Crippen LogP) is 3.25. The maximum absolute atomic E-state index is 14.5. The normalized spacial score (nSPS) is 13.9. The fraction of sp³-hybridized carbons (Fsp3) is 0.304. The summed E-state index contributed by atoms with van der Waals surface area (Å²) in [5.41, 5.74) is 1.14. The summed E-state index contributed by atoms with van der Waals surface area (Å²) in [6, 6.07) is 15.9. The fourth-order valence-electron chi connectivity index (χ4n) is 3.64. The number of carbonyl (C=O) groups excluding carboxylic acids is 2. The van der Waals surface area contributed by atoms with Gasteiger partial charge in [0.25, 0.3) is 0 Å². The summed E-state index contributed by atoms with van der Waals surface area (Å²) in [4.78, 5) is 28.2. The first-order chi connectivity index (χ1) is 15.6. The van der Waals surface area contributed by atoms with Gasteiger partial charge in [-0.3, -0.25) is 14.2 Å². The lowest BCUT2D eigenvalue weighted by Crippen LogP contribution is -2.50. The molecule has 0 atom stereocenters. The number of rotatable bonds is 6. The minimum absolute atomic E-state index is 0.0198. The monoisotopic (exact) mass is 453 g/mol. The Morgan fingerprint density at radius 3 is 2.19 bits per heavy atom. The molecule has 0 N–H and O–H groups in total. The second kappa shape index (κ2) is 9.95. The van der Waals surface area contributed by atoms with Gasteiger partial charge in [-0.25, -0.2) is 4.39 Å². The van der Waals surface area contributed by atoms with E-state index < -0.39 is 0 Å². The predicted molar refractivity (Wildman–Crippen MR) is 121 cm³/mol. The molecule has 2 amide bonds. The molecule has 32 heavy (non-hydrogen) atoms. The van der Waals surface area contributed by atoms with Gasteiger partial charge in [0.05, 0.1) is 11.3 Å². The van der Waals surface area contributed by atoms with Crippen LogP contribution in [0, 0.1) is 5.82 Å². The molecule has 1 saturated heterocycles. The average Bonchev–Trinajstić information content (AvgIpc) is 3.26. The van der Waals surface area contributed by atoms with Gasteiger partial charge >= 0.3 is 0 Å². The van der Waals surface area contributed by atoms with E-state index in [2.05, 4.69) is 10.2 Å². The number of carbonyl (C=O) groups is 2. The lowest BCUT2D eigenvalue weighted by molar-refractivity contribution is -0.137. The largest absolute Gasteiger partial charge is 0.339 e. The highest BCUT2D eigenvalue weighted by molar-refractivity contribution is 7.99. The molecular weight excluding hydrogens is 429 g/mol. The van der Waals surface area contributed by atoms with Crippen molar-refractivity contribution in [1.82, 2.24) is 24.6 Å². The summed E-state index contributed by atoms with van der Waals surface area (Å²) in [7, 11) is 0. The summed E-state index contributed by atoms with van der Waals surface area (Å²) in [6.45, 7) is 4.00. The van der Waals surface area contributed by atoms with Gasteiger partial charge in [0.2, 0.25) is 11.8 Å². The van der Waals surface area contributed by atoms with Crippen molar-refractivity contribution >= 4 is 23.6 Å². The third-order valence-corrected chi connectivity index (χ3v) is 6.29. The summed E-state index contributed by atoms with van der Waals surface area (Å²) in [6.07, 6.45) is 0.475. The standard InChI is InChI=1S/C23H24FN5O2S/c1-2-20(30)27-12-14-28(15-13-27)21(31)16-32-23-26-25-22(18-10-6-7-11-19(18)24)29(23)17-8-4-3-5-9-17/h3-11H,2,12-16H2,1H3. The van der Waals surface area contributed by atoms with Crippen molar-refractivity contribution in [3.63, 3.8) is 0 Å². The summed E-state index contributed by atoms with van der Waals surface area (Å²) < 4.78 is 16.2. The van der Waals surface area contributed by atoms with Crippen molar-refractivity contribution in [2.45, 2.75) is 18.5 Å². The van der Waals surface area contributed by atoms with Crippen LogP contribution in [0.15, 0.2) is 59.8 Å². The third kappa shape index (κ3) is 4.67. The summed E-state index contributed by atoms with van der Waals surface area (Å²) >= 11 is 1.27. The van der Waals surface area contributed by atoms with E-state index in [0.717, 1.165) is 5.69 Å². The molecule has 0 spiro atoms. The van der Waals surface area contributed by atoms with Crippen LogP contribution in [-0.4, -0.2) is 68.3 Å². The van der Waals surface area contributed by atoms with Crippen LogP contribution in [0.1, 0.15) is 13.3 Å². The van der Waals surface area contributed by atoms with Crippen LogP contribution in [0.3, 0.4) is 0 Å². The molecule has 7 nitrogen and oxygen atoms in total. The Kier molecular flexibility index (Phi) is 6.84. The first kappa shape index (κ1) is 22.0. The molecule has 0 radical (unpaired) electrons. The highest BCUT2D eigenvalue weighted by atomic mass is 32.2. The number of para-hydroxylation sites is 1. The lowest BCUT2D eigenvalue weighted by Gasteiger charge is -2.34. The van der Waals surface area contributed by atoms with Crippen molar-refractivity contribution in [3.05, 3.63) is 60.4 Å². The Morgan fingerprint density at radius 2 is 1.53 bits per heavy atom. The van der Waals surface area contributed by atoms with E-state index >= 15 is 0 Å². The van der Waals surface area contributed by atoms with Crippen LogP contribution in [0.25, 0.3) is 17.1 Å². The van der Waals surface area contributed by atoms with E-state index in [9.17, 15) is 14.0 Å². The second-order valence-electron chi connectivity index (χ2n) is 7.36. The van der Waals surface area contributed by atoms with Gasteiger partial charge in [-0.2, -0.15) is 0 Å². The maximum Gasteiger partial charge on any atom is 0.233 e. The van der Waals surface area contributed by atoms with Gasteiger partial charge in [0, 0.05) is 38.3 Å². The molecule has 1 aliphatic rings. The third-order valence-electron chi connectivity index (χ3n) is 5.37. The van der Waals surface area contributed by atoms with Crippen molar-refractivity contribution < 1.29 is 14.0 Å². The first-order valence-corrected chi connectivity index (χ1v) is 11.5. The number of nitrogens with zero attached hydrogens (tertiary/aromatic N) is 5. The van der Waals surface area contributed by atoms with Crippen molar-refractivity contribution in [3.8, 4) is 17.1 Å². The van der Waals surface area contributed by atoms with E-state index in [4.69, 9.17) is 0 Å². The molecular formula is C23H24FN5O2S. The van der Waals surface area contributed by atoms with Crippen LogP contribution in [0.2, 0.25) is 0 Å². The van der Waals surface area contributed by atoms with Crippen LogP contribution >= 0.6 is 11.8 Å². The van der Waals surface area contributed by atoms with E-state index in [-0.39, 0.29) is 23.4 Å². The number of aromatic nitrogens is 3. The van der Waals surface area contributed by atoms with E-state index in [1.807, 2.05) is 37.3 Å². The lowest BCUT2D eigenvalue weighted by atomic mass is 10.2. The highest BCUT2D eigenvalue weighted by Crippen LogP contribution is 2.29. The zero-order valence-electron chi connectivity index (χ0n) is 17.8. The Hall–Kier alpha value is -3.20. The van der Waals surface area contributed by atoms with Gasteiger partial charge in [0.1, 0.15) is 5.82 Å². The molecule has 0 saturated carbocycles. The number of halogens is 1. The maximum atomic E-state index is 14.5. The minimum Gasteiger partial charge on any atom is -0.339 e. The second-order valence-corrected chi connectivity index (χ2v) is 8.30. The number of piperazine rings is 1. The van der Waals surface area contributed by atoms with Crippen molar-refractivity contribution in [2.75, 3.05) is 31.9 Å². The van der Waals surface area contributed by atoms with Gasteiger partial charge in [0.15, 0.2) is 11.0 Å². The number of amides is 2. The average molecular weight is 454 g/mol. The zero-order chi connectivity index (χ0) is 22.5. The quantitative estimate of drug-likeness (QED) is 0.536. The number of hydrogen-bond donors (Lipinski definition) is 0. The van der Waals surface area contributed by atoms with Gasteiger partial charge in [-0.15, -0.1) is 10.2 Å². The molecule has 1 aliphatic heterocycles. The topological polar surface area (TPSA) is 71.3 Å². The van der Waals surface area contributed by atoms with Crippen molar-refractivity contribution in [1.29, 1.82) is 0 Å². The Balaban J connectivity index is 1.51. The molecule has 166 valence electrons. The van der Waals surface area contributed by atoms with Crippen LogP contribution in [-0.2, 0) is 9.59 Å². The molecule has 3 aromatic rings. The molecule has 0 bridgehead atoms. The van der Waals surface area contributed by atoms with Crippen LogP contribution in [0.5, 0.6) is 0 Å². The van der Waals surface area contributed by atoms with Gasteiger partial charge in [-0.05, 0) is 24.3 Å². The van der Waals surface area contributed by atoms with E-state index in [1.54, 1.807) is 32.6 Å². The summed E-state index contributed by atoms with van der Waals surface area (Å²) in [5, 5.41) is 9.01. The van der Waals surface area contributed by atoms with E-state index in [0.29, 0.717) is 49.1 Å². The van der Waals surface area contributed by atoms with Gasteiger partial charge < -0.3 is 9.80 Å². The molecule has 2 aromatic carbocycles. The van der Waals surface area contributed by atoms with Gasteiger partial charge in [-0.1, -0.05) is 49.0 Å². The van der Waals surface area contributed by atoms with E-state index in [1.165, 1.54) is 17.8 Å². The molecule has 2 heterocycles. The molecule has 0 aliphatic carbocycles. The number of thioether (sulfide) groups is 1. The van der Waals surface area contributed by atoms with Crippen LogP contribution < -0.4 is 0 Å².